The summed E-state index contributed by atoms with van der Waals surface area (Å²) in [5, 5.41) is 13.8. The lowest BCUT2D eigenvalue weighted by atomic mass is 9.81. The molecule has 0 spiro atoms. The molecule has 0 radical (unpaired) electrons. The van der Waals surface area contributed by atoms with Crippen molar-refractivity contribution in [3.8, 4) is 11.5 Å². The fourth-order valence-corrected chi connectivity index (χ4v) is 4.27. The van der Waals surface area contributed by atoms with Gasteiger partial charge >= 0.3 is 5.97 Å². The second-order valence-corrected chi connectivity index (χ2v) is 7.18. The van der Waals surface area contributed by atoms with Gasteiger partial charge in [0, 0.05) is 20.1 Å². The highest BCUT2D eigenvalue weighted by Crippen LogP contribution is 2.49. The molecule has 2 aromatic rings. The van der Waals surface area contributed by atoms with Gasteiger partial charge in [-0.2, -0.15) is 5.10 Å². The maximum atomic E-state index is 13.1. The molecule has 1 amide bonds. The first kappa shape index (κ1) is 16.6. The fourth-order valence-electron chi connectivity index (χ4n) is 4.27. The molecule has 1 aromatic heterocycles. The third-order valence-corrected chi connectivity index (χ3v) is 5.61. The van der Waals surface area contributed by atoms with Crippen LogP contribution in [0.4, 0.5) is 0 Å². The number of hydrogen-bond donors (Lipinski definition) is 1. The molecule has 1 saturated heterocycles. The van der Waals surface area contributed by atoms with Gasteiger partial charge in [0.2, 0.25) is 0 Å². The fraction of sp³-hybridized carbons (Fsp3) is 0.421. The minimum atomic E-state index is -0.783. The quantitative estimate of drug-likeness (QED) is 0.911. The average molecular weight is 355 g/mol. The summed E-state index contributed by atoms with van der Waals surface area (Å²) in [5.74, 6) is 0.0741. The molecule has 2 aliphatic rings. The van der Waals surface area contributed by atoms with Crippen molar-refractivity contribution in [3.05, 3.63) is 42.2 Å². The summed E-state index contributed by atoms with van der Waals surface area (Å²) >= 11 is 0. The molecule has 7 heteroatoms. The zero-order chi connectivity index (χ0) is 18.3. The first-order valence-corrected chi connectivity index (χ1v) is 8.78. The van der Waals surface area contributed by atoms with Crippen LogP contribution in [0.15, 0.2) is 36.7 Å². The Hall–Kier alpha value is -2.83. The number of carboxylic acid groups (broad SMARTS) is 1. The van der Waals surface area contributed by atoms with E-state index in [4.69, 9.17) is 4.74 Å². The van der Waals surface area contributed by atoms with Crippen LogP contribution in [0.3, 0.4) is 0 Å². The summed E-state index contributed by atoms with van der Waals surface area (Å²) in [6, 6.07) is 7.05. The molecule has 0 bridgehead atoms. The number of nitrogens with zero attached hydrogens (tertiary/aromatic N) is 3. The van der Waals surface area contributed by atoms with Gasteiger partial charge in [-0.1, -0.05) is 18.6 Å². The summed E-state index contributed by atoms with van der Waals surface area (Å²) < 4.78 is 7.45. The lowest BCUT2D eigenvalue weighted by Gasteiger charge is -2.23. The highest BCUT2D eigenvalue weighted by molar-refractivity contribution is 5.97. The molecule has 1 aliphatic heterocycles. The number of likely N-dealkylation sites (tertiary alicyclic amines) is 1. The zero-order valence-corrected chi connectivity index (χ0v) is 14.6. The summed E-state index contributed by atoms with van der Waals surface area (Å²) in [5.41, 5.74) is -0.341. The van der Waals surface area contributed by atoms with Gasteiger partial charge in [0.15, 0.2) is 5.75 Å². The van der Waals surface area contributed by atoms with E-state index in [0.29, 0.717) is 30.0 Å². The molecule has 1 N–H and O–H groups in total. The van der Waals surface area contributed by atoms with E-state index in [2.05, 4.69) is 5.10 Å². The van der Waals surface area contributed by atoms with Gasteiger partial charge in [-0.25, -0.2) is 0 Å². The predicted molar refractivity (Wildman–Crippen MR) is 93.0 cm³/mol. The Labute approximate surface area is 151 Å². The third kappa shape index (κ3) is 2.64. The predicted octanol–water partition coefficient (Wildman–Crippen LogP) is 2.54. The number of amides is 1. The lowest BCUT2D eigenvalue weighted by molar-refractivity contribution is -0.149. The lowest BCUT2D eigenvalue weighted by Crippen LogP contribution is -2.37. The maximum absolute atomic E-state index is 13.1. The molecule has 2 heterocycles. The molecule has 1 saturated carbocycles. The summed E-state index contributed by atoms with van der Waals surface area (Å²) in [4.78, 5) is 26.6. The number of rotatable bonds is 4. The minimum absolute atomic E-state index is 0.0374. The Morgan fingerprint density at radius 3 is 2.85 bits per heavy atom. The van der Waals surface area contributed by atoms with Gasteiger partial charge in [0.25, 0.3) is 5.91 Å². The number of aryl methyl sites for hydroxylation is 1. The number of carbonyl (C=O) groups is 2. The minimum Gasteiger partial charge on any atom is -0.481 e. The molecule has 7 nitrogen and oxygen atoms in total. The monoisotopic (exact) mass is 355 g/mol. The molecule has 136 valence electrons. The molecule has 4 rings (SSSR count). The summed E-state index contributed by atoms with van der Waals surface area (Å²) in [6.45, 7) is 0.763. The van der Waals surface area contributed by atoms with Crippen LogP contribution in [0.2, 0.25) is 0 Å². The van der Waals surface area contributed by atoms with E-state index in [1.54, 1.807) is 53.3 Å². The number of ether oxygens (including phenoxy) is 1. The molecular formula is C19H21N3O4. The van der Waals surface area contributed by atoms with E-state index in [-0.39, 0.29) is 18.4 Å². The number of aliphatic carboxylic acids is 1. The van der Waals surface area contributed by atoms with Gasteiger partial charge in [-0.3, -0.25) is 14.3 Å². The third-order valence-electron chi connectivity index (χ3n) is 5.61. The molecule has 0 unspecified atom stereocenters. The smallest absolute Gasteiger partial charge is 0.311 e. The number of hydrogen-bond acceptors (Lipinski definition) is 4. The largest absolute Gasteiger partial charge is 0.481 e. The van der Waals surface area contributed by atoms with E-state index in [0.717, 1.165) is 12.8 Å². The first-order chi connectivity index (χ1) is 12.5. The number of para-hydroxylation sites is 1. The van der Waals surface area contributed by atoms with E-state index in [1.807, 2.05) is 0 Å². The number of carbonyl (C=O) groups excluding carboxylic acids is 1. The molecule has 26 heavy (non-hydrogen) atoms. The average Bonchev–Trinajstić information content (AvgIpc) is 3.29. The SMILES string of the molecule is Cn1cc(Oc2ccccc2C(=O)N2C[C@@H]3CCC[C@@]3(C(=O)O)C2)cn1. The van der Waals surface area contributed by atoms with Crippen LogP contribution in [0.1, 0.15) is 29.6 Å². The van der Waals surface area contributed by atoms with E-state index >= 15 is 0 Å². The van der Waals surface area contributed by atoms with Crippen molar-refractivity contribution in [2.45, 2.75) is 19.3 Å². The standard InChI is InChI=1S/C19H21N3O4/c1-21-11-14(9-20-21)26-16-7-3-2-6-15(16)17(23)22-10-13-5-4-8-19(13,12-22)18(24)25/h2-3,6-7,9,11,13H,4-5,8,10,12H2,1H3,(H,24,25)/t13-,19+/m0/s1. The van der Waals surface area contributed by atoms with E-state index in [1.165, 1.54) is 0 Å². The van der Waals surface area contributed by atoms with Crippen molar-refractivity contribution in [1.29, 1.82) is 0 Å². The van der Waals surface area contributed by atoms with E-state index < -0.39 is 11.4 Å². The number of aromatic nitrogens is 2. The van der Waals surface area contributed by atoms with Crippen LogP contribution in [0.5, 0.6) is 11.5 Å². The van der Waals surface area contributed by atoms with Crippen molar-refractivity contribution in [1.82, 2.24) is 14.7 Å². The summed E-state index contributed by atoms with van der Waals surface area (Å²) in [6.07, 6.45) is 5.73. The highest BCUT2D eigenvalue weighted by atomic mass is 16.5. The first-order valence-electron chi connectivity index (χ1n) is 8.78. The molecule has 2 atom stereocenters. The van der Waals surface area contributed by atoms with Gasteiger partial charge in [-0.05, 0) is 30.9 Å². The van der Waals surface area contributed by atoms with Gasteiger partial charge in [0.1, 0.15) is 5.75 Å². The zero-order valence-electron chi connectivity index (χ0n) is 14.6. The van der Waals surface area contributed by atoms with Gasteiger partial charge < -0.3 is 14.7 Å². The number of carboxylic acids is 1. The Bertz CT molecular complexity index is 862. The van der Waals surface area contributed by atoms with Crippen molar-refractivity contribution in [2.75, 3.05) is 13.1 Å². The van der Waals surface area contributed by atoms with Crippen LogP contribution in [-0.4, -0.2) is 44.8 Å². The molecule has 1 aliphatic carbocycles. The van der Waals surface area contributed by atoms with Crippen LogP contribution in [-0.2, 0) is 11.8 Å². The van der Waals surface area contributed by atoms with Crippen molar-refractivity contribution < 1.29 is 19.4 Å². The van der Waals surface area contributed by atoms with Crippen LogP contribution in [0, 0.1) is 11.3 Å². The van der Waals surface area contributed by atoms with Crippen molar-refractivity contribution in [3.63, 3.8) is 0 Å². The number of benzene rings is 1. The van der Waals surface area contributed by atoms with Crippen molar-refractivity contribution in [2.24, 2.45) is 18.4 Å². The van der Waals surface area contributed by atoms with E-state index in [9.17, 15) is 14.7 Å². The number of fused-ring (bicyclic) bond motifs is 1. The van der Waals surface area contributed by atoms with Gasteiger partial charge in [-0.15, -0.1) is 0 Å². The molecule has 1 aromatic carbocycles. The van der Waals surface area contributed by atoms with Crippen LogP contribution < -0.4 is 4.74 Å². The van der Waals surface area contributed by atoms with Crippen molar-refractivity contribution >= 4 is 11.9 Å². The Morgan fingerprint density at radius 1 is 1.35 bits per heavy atom. The molecule has 2 fully saturated rings. The second kappa shape index (κ2) is 6.16. The second-order valence-electron chi connectivity index (χ2n) is 7.18. The summed E-state index contributed by atoms with van der Waals surface area (Å²) in [7, 11) is 1.79. The molecular weight excluding hydrogens is 334 g/mol. The van der Waals surface area contributed by atoms with Crippen LogP contribution >= 0.6 is 0 Å². The van der Waals surface area contributed by atoms with Gasteiger partial charge in [0.05, 0.1) is 23.4 Å². The topological polar surface area (TPSA) is 84.7 Å². The van der Waals surface area contributed by atoms with Crippen LogP contribution in [0.25, 0.3) is 0 Å². The Kier molecular flexibility index (Phi) is 3.94. The maximum Gasteiger partial charge on any atom is 0.311 e. The highest BCUT2D eigenvalue weighted by Gasteiger charge is 2.55. The Balaban J connectivity index is 1.59. The normalized spacial score (nSPS) is 24.5. The Morgan fingerprint density at radius 2 is 2.15 bits per heavy atom.